The Kier molecular flexibility index (Phi) is 41.2. The molecule has 0 radical (unpaired) electrons. The summed E-state index contributed by atoms with van der Waals surface area (Å²) < 4.78 is 31.9. The van der Waals surface area contributed by atoms with Gasteiger partial charge in [-0.1, -0.05) is 101 Å². The molecule has 1 amide bonds. The summed E-state index contributed by atoms with van der Waals surface area (Å²) in [6, 6.07) is 56.4. The predicted molar refractivity (Wildman–Crippen MR) is 486 cm³/mol. The maximum Gasteiger partial charge on any atom is 0.373 e. The van der Waals surface area contributed by atoms with Crippen LogP contribution in [0, 0.1) is 64.0 Å². The van der Waals surface area contributed by atoms with E-state index >= 15 is 0 Å². The number of carbonyl (C=O) groups excluding carboxylic acids is 6. The first-order valence-corrected chi connectivity index (χ1v) is 42.3. The maximum absolute atomic E-state index is 13.1. The van der Waals surface area contributed by atoms with Crippen molar-refractivity contribution in [2.75, 3.05) is 0 Å². The molecule has 648 valence electrons. The quantitative estimate of drug-likeness (QED) is 0.0619. The number of hydrogen-bond acceptors (Lipinski definition) is 22. The van der Waals surface area contributed by atoms with Crippen molar-refractivity contribution in [2.45, 2.75) is 180 Å². The average molecular weight is 1960 g/mol. The smallest absolute Gasteiger partial charge is 0.373 e. The summed E-state index contributed by atoms with van der Waals surface area (Å²) in [5.74, 6) is 2.40. The van der Waals surface area contributed by atoms with Gasteiger partial charge in [0.2, 0.25) is 0 Å². The zero-order valence-corrected chi connectivity index (χ0v) is 78.2. The minimum Gasteiger partial charge on any atom is -0.506 e. The number of carbonyl (C=O) groups is 2. The van der Waals surface area contributed by atoms with Crippen LogP contribution < -0.4 is 41.2 Å². The molecular weight excluding hydrogens is 1860 g/mol. The number of piperidine rings is 3. The number of amides is 1. The summed E-state index contributed by atoms with van der Waals surface area (Å²) in [5, 5.41) is 75.8. The third-order valence-electron chi connectivity index (χ3n) is 18.3. The molecule has 13 rings (SSSR count). The van der Waals surface area contributed by atoms with E-state index in [1.165, 1.54) is 6.07 Å². The van der Waals surface area contributed by atoms with E-state index < -0.39 is 5.82 Å². The lowest BCUT2D eigenvalue weighted by atomic mass is 9.74. The molecule has 0 aliphatic carbocycles. The standard InChI is InChI=1S/C28H29ClN4O2.C23H25BrClN3O2.C13H7BrClNO.C9H20N2.C7H3BrFN.C6H5ClO.C5H6N2.2CO2/c1-27(2)14-18(15-28(3,4)33-27)12-24(34)19-8-9-26(23(29)13-19)35-25-7-5-6-21(22(25)16-30)20-10-11-31-32-17-20;1-22(2)11-15(12-23(3,4)28-22)27-21(29)14-8-9-20(18(25)10-14)30-19-7-5-6-17(24)16(19)13-26;14-10-4-3-7-12(9(10)8-16)17-13-6-2-1-5-11(13)15;1-8(2)5-7(10)6-9(3,4)11-8;8-6-2-1-3-7(9)5(6)4-10;7-5-3-1-2-4-6(5)8;1-5-2-3-6-7-4-5;2*2-1-3/h5-11,13,17-18,33H,12,14-15H2,1-4H3;5-10,15,28H,11-12H2,1-4H3,(H,27,29);1-7H;7,11H,5-6,10H2,1-4H3;1-3H;1-4,8H;2-4H,1H3;;. The van der Waals surface area contributed by atoms with Gasteiger partial charge < -0.3 is 46.3 Å². The monoisotopic (exact) mass is 1950 g/mol. The zero-order chi connectivity index (χ0) is 92.3. The van der Waals surface area contributed by atoms with Crippen LogP contribution in [0.15, 0.2) is 208 Å². The number of halogens is 8. The summed E-state index contributed by atoms with van der Waals surface area (Å²) in [7, 11) is 0. The lowest BCUT2D eigenvalue weighted by Crippen LogP contribution is -2.62. The molecule has 3 aliphatic heterocycles. The Morgan fingerprint density at radius 1 is 0.476 bits per heavy atom. The summed E-state index contributed by atoms with van der Waals surface area (Å²) in [4.78, 5) is 58.4. The van der Waals surface area contributed by atoms with Crippen molar-refractivity contribution in [3.8, 4) is 75.7 Å². The van der Waals surface area contributed by atoms with E-state index in [0.717, 1.165) is 49.7 Å². The van der Waals surface area contributed by atoms with Gasteiger partial charge in [0.25, 0.3) is 5.91 Å². The molecule has 2 aromatic heterocycles. The van der Waals surface area contributed by atoms with Crippen molar-refractivity contribution in [1.82, 2.24) is 41.7 Å². The number of Topliss-reactive ketones (excluding diaryl/α,β-unsaturated/α-hetero) is 1. The molecule has 8 aromatic carbocycles. The SMILES string of the molecule is CC1(C)CC(CC(=O)c2ccc(Oc3cccc(-c4ccnnc4)c3C#N)c(Cl)c2)CC(C)(C)N1.CC1(C)CC(N)CC(C)(C)N1.CC1(C)CC(NC(=O)c2ccc(Oc3cccc(Br)c3C#N)c(Cl)c2)CC(C)(C)N1.Cc1ccnnc1.N#Cc1c(Br)cccc1Oc1ccccc1Cl.N#Cc1c(F)cccc1Br.O=C=O.O=C=O.Oc1ccccc1Cl. The number of nitrogens with one attached hydrogen (secondary N) is 4. The number of nitrogens with zero attached hydrogens (tertiary/aromatic N) is 8. The molecule has 3 aliphatic rings. The summed E-state index contributed by atoms with van der Waals surface area (Å²) in [5.41, 5.74) is 11.1. The minimum atomic E-state index is -0.489. The second-order valence-electron chi connectivity index (χ2n) is 32.5. The highest BCUT2D eigenvalue weighted by Gasteiger charge is 2.40. The number of hydrogen-bond donors (Lipinski definition) is 6. The first-order valence-electron chi connectivity index (χ1n) is 38.4. The normalized spacial score (nSPS) is 15.0. The number of aromatic nitrogens is 4. The van der Waals surface area contributed by atoms with Crippen molar-refractivity contribution < 1.29 is 52.5 Å². The first kappa shape index (κ1) is 104. The number of nitrogens with two attached hydrogens (primary N) is 1. The largest absolute Gasteiger partial charge is 0.506 e. The van der Waals surface area contributed by atoms with Crippen LogP contribution in [0.5, 0.6) is 40.2 Å². The number of rotatable bonds is 12. The second kappa shape index (κ2) is 49.2. The lowest BCUT2D eigenvalue weighted by Gasteiger charge is -2.46. The van der Waals surface area contributed by atoms with Crippen LogP contribution in [0.2, 0.25) is 20.1 Å². The van der Waals surface area contributed by atoms with E-state index in [2.05, 4.69) is 191 Å². The van der Waals surface area contributed by atoms with E-state index in [9.17, 15) is 24.5 Å². The Morgan fingerprint density at radius 3 is 1.25 bits per heavy atom. The number of ether oxygens (including phenoxy) is 3. The zero-order valence-electron chi connectivity index (χ0n) is 70.5. The first-order chi connectivity index (χ1) is 58.4. The molecule has 0 unspecified atom stereocenters. The van der Waals surface area contributed by atoms with Gasteiger partial charge in [0.05, 0.1) is 38.7 Å². The van der Waals surface area contributed by atoms with Crippen molar-refractivity contribution in [2.24, 2.45) is 11.7 Å². The van der Waals surface area contributed by atoms with Gasteiger partial charge in [-0.15, -0.1) is 0 Å². The molecule has 31 heteroatoms. The molecule has 23 nitrogen and oxygen atoms in total. The highest BCUT2D eigenvalue weighted by atomic mass is 79.9. The molecule has 0 spiro atoms. The van der Waals surface area contributed by atoms with E-state index in [4.69, 9.17) is 101 Å². The van der Waals surface area contributed by atoms with Gasteiger partial charge in [-0.3, -0.25) is 9.59 Å². The molecule has 10 aromatic rings. The highest BCUT2D eigenvalue weighted by molar-refractivity contribution is 9.11. The number of aromatic hydroxyl groups is 1. The maximum atomic E-state index is 13.1. The Labute approximate surface area is 767 Å². The van der Waals surface area contributed by atoms with Crippen LogP contribution in [0.3, 0.4) is 0 Å². The van der Waals surface area contributed by atoms with Crippen LogP contribution in [0.25, 0.3) is 11.1 Å². The van der Waals surface area contributed by atoms with Crippen LogP contribution in [-0.4, -0.2) is 94.8 Å². The van der Waals surface area contributed by atoms with Crippen molar-refractivity contribution >= 4 is 118 Å². The minimum absolute atomic E-state index is 0.0125. The number of nitriles is 4. The van der Waals surface area contributed by atoms with Crippen LogP contribution >= 0.6 is 94.2 Å². The fourth-order valence-electron chi connectivity index (χ4n) is 14.7. The van der Waals surface area contributed by atoms with Crippen molar-refractivity contribution in [1.29, 1.82) is 21.0 Å². The van der Waals surface area contributed by atoms with Crippen LogP contribution in [0.1, 0.15) is 177 Å². The number of ketones is 1. The number of aryl methyl sites for hydroxylation is 1. The topological polar surface area (TPSA) is 371 Å². The fourth-order valence-corrected chi connectivity index (χ4v) is 16.8. The molecule has 0 atom stereocenters. The molecule has 5 heterocycles. The van der Waals surface area contributed by atoms with Gasteiger partial charge in [0.15, 0.2) is 5.78 Å². The summed E-state index contributed by atoms with van der Waals surface area (Å²) in [6.07, 6.45) is 13.3. The Hall–Kier alpha value is -10.7. The number of benzene rings is 8. The Morgan fingerprint density at radius 2 is 0.863 bits per heavy atom. The number of phenols is 1. The Balaban J connectivity index is 0.000000274. The van der Waals surface area contributed by atoms with E-state index in [-0.39, 0.29) is 74.6 Å². The molecule has 0 bridgehead atoms. The van der Waals surface area contributed by atoms with Crippen LogP contribution in [0.4, 0.5) is 4.39 Å². The third kappa shape index (κ3) is 34.8. The van der Waals surface area contributed by atoms with Crippen molar-refractivity contribution in [3.05, 3.63) is 273 Å². The molecule has 0 saturated carbocycles. The van der Waals surface area contributed by atoms with Gasteiger partial charge in [0.1, 0.15) is 92.6 Å². The van der Waals surface area contributed by atoms with Crippen LogP contribution in [-0.2, 0) is 19.2 Å². The number of para-hydroxylation sites is 2. The molecular formula is C93H95Br3Cl4FN13O10. The molecule has 3 saturated heterocycles. The molecule has 7 N–H and O–H groups in total. The van der Waals surface area contributed by atoms with Gasteiger partial charge in [-0.05, 0) is 303 Å². The average Bonchev–Trinajstić information content (AvgIpc) is 0.777. The van der Waals surface area contributed by atoms with E-state index in [1.54, 1.807) is 170 Å². The second-order valence-corrected chi connectivity index (χ2v) is 36.7. The van der Waals surface area contributed by atoms with Gasteiger partial charge in [0, 0.05) is 93.6 Å². The molecule has 124 heavy (non-hydrogen) atoms. The number of phenolic OH excluding ortho intramolecular Hbond substituents is 1. The molecule has 3 fully saturated rings. The van der Waals surface area contributed by atoms with E-state index in [0.29, 0.717) is 120 Å². The highest BCUT2D eigenvalue weighted by Crippen LogP contribution is 2.41. The van der Waals surface area contributed by atoms with Gasteiger partial charge in [-0.2, -0.15) is 60.6 Å². The van der Waals surface area contributed by atoms with Gasteiger partial charge >= 0.3 is 12.3 Å². The summed E-state index contributed by atoms with van der Waals surface area (Å²) in [6.45, 7) is 28.2. The van der Waals surface area contributed by atoms with Crippen molar-refractivity contribution in [3.63, 3.8) is 0 Å². The fraction of sp³-hybridized carbons (Fsp3) is 0.312. The summed E-state index contributed by atoms with van der Waals surface area (Å²) >= 11 is 34.0. The Bertz CT molecular complexity index is 5420. The lowest BCUT2D eigenvalue weighted by molar-refractivity contribution is -0.193. The third-order valence-corrected chi connectivity index (χ3v) is 21.5. The predicted octanol–water partition coefficient (Wildman–Crippen LogP) is 22.5. The van der Waals surface area contributed by atoms with E-state index in [1.807, 2.05) is 31.2 Å². The van der Waals surface area contributed by atoms with Gasteiger partial charge in [-0.25, -0.2) is 4.39 Å².